The zero-order chi connectivity index (χ0) is 13.6. The van der Waals surface area contributed by atoms with Crippen LogP contribution in [0.3, 0.4) is 0 Å². The number of methoxy groups -OCH3 is 1. The molecule has 0 amide bonds. The van der Waals surface area contributed by atoms with Crippen molar-refractivity contribution in [1.29, 1.82) is 0 Å². The van der Waals surface area contributed by atoms with E-state index in [0.29, 0.717) is 5.75 Å². The van der Waals surface area contributed by atoms with Crippen molar-refractivity contribution in [3.05, 3.63) is 51.4 Å². The Kier molecular flexibility index (Phi) is 2.68. The lowest BCUT2D eigenvalue weighted by molar-refractivity contribution is 0.415. The number of hydrogen-bond donors (Lipinski definition) is 0. The van der Waals surface area contributed by atoms with Crippen LogP contribution >= 0.6 is 11.6 Å². The molecule has 0 saturated heterocycles. The third-order valence-corrected chi connectivity index (χ3v) is 3.30. The summed E-state index contributed by atoms with van der Waals surface area (Å²) >= 11 is 6.10. The third kappa shape index (κ3) is 1.68. The lowest BCUT2D eigenvalue weighted by atomic mass is 10.1. The zero-order valence-electron chi connectivity index (χ0n) is 9.87. The Morgan fingerprint density at radius 3 is 2.79 bits per heavy atom. The molecular formula is C14H8ClFO3. The Bertz CT molecular complexity index is 855. The van der Waals surface area contributed by atoms with Crippen LogP contribution in [0.1, 0.15) is 0 Å². The highest BCUT2D eigenvalue weighted by molar-refractivity contribution is 6.36. The summed E-state index contributed by atoms with van der Waals surface area (Å²) in [6.45, 7) is 0. The molecule has 0 radical (unpaired) electrons. The highest BCUT2D eigenvalue weighted by atomic mass is 35.5. The number of benzene rings is 2. The van der Waals surface area contributed by atoms with Crippen molar-refractivity contribution < 1.29 is 13.5 Å². The summed E-state index contributed by atoms with van der Waals surface area (Å²) < 4.78 is 24.3. The molecule has 0 atom stereocenters. The zero-order valence-corrected chi connectivity index (χ0v) is 10.6. The van der Waals surface area contributed by atoms with Gasteiger partial charge in [-0.3, -0.25) is 4.79 Å². The average Bonchev–Trinajstić information content (AvgIpc) is 2.40. The van der Waals surface area contributed by atoms with Crippen LogP contribution in [0.4, 0.5) is 4.39 Å². The monoisotopic (exact) mass is 278 g/mol. The molecule has 0 aliphatic carbocycles. The number of ether oxygens (including phenoxy) is 1. The van der Waals surface area contributed by atoms with Gasteiger partial charge in [0.05, 0.1) is 12.5 Å². The minimum atomic E-state index is -0.611. The van der Waals surface area contributed by atoms with E-state index in [1.807, 2.05) is 0 Å². The van der Waals surface area contributed by atoms with Gasteiger partial charge in [0.1, 0.15) is 27.6 Å². The minimum absolute atomic E-state index is 0.0729. The fraction of sp³-hybridized carbons (Fsp3) is 0.0714. The third-order valence-electron chi connectivity index (χ3n) is 2.94. The van der Waals surface area contributed by atoms with Gasteiger partial charge in [-0.2, -0.15) is 0 Å². The van der Waals surface area contributed by atoms with E-state index in [1.165, 1.54) is 31.4 Å². The molecule has 2 aromatic carbocycles. The molecule has 1 aromatic heterocycles. The predicted octanol–water partition coefficient (Wildman–Crippen LogP) is 3.75. The summed E-state index contributed by atoms with van der Waals surface area (Å²) in [4.78, 5) is 12.3. The second-order valence-corrected chi connectivity index (χ2v) is 4.38. The van der Waals surface area contributed by atoms with E-state index in [0.717, 1.165) is 0 Å². The van der Waals surface area contributed by atoms with Gasteiger partial charge in [-0.1, -0.05) is 17.7 Å². The maximum absolute atomic E-state index is 13.7. The molecular weight excluding hydrogens is 271 g/mol. The van der Waals surface area contributed by atoms with Crippen molar-refractivity contribution in [2.75, 3.05) is 7.11 Å². The lowest BCUT2D eigenvalue weighted by Crippen LogP contribution is -2.04. The molecule has 0 bridgehead atoms. The summed E-state index contributed by atoms with van der Waals surface area (Å²) in [5.41, 5.74) is -0.0873. The first-order chi connectivity index (χ1) is 9.13. The molecule has 0 aliphatic rings. The van der Waals surface area contributed by atoms with Crippen molar-refractivity contribution >= 4 is 33.5 Å². The van der Waals surface area contributed by atoms with Gasteiger partial charge in [-0.25, -0.2) is 4.39 Å². The second-order valence-electron chi connectivity index (χ2n) is 4.00. The molecule has 0 fully saturated rings. The Balaban J connectivity index is 2.58. The Hall–Kier alpha value is -2.07. The van der Waals surface area contributed by atoms with Crippen LogP contribution < -0.4 is 10.2 Å². The van der Waals surface area contributed by atoms with Gasteiger partial charge in [0.25, 0.3) is 0 Å². The Morgan fingerprint density at radius 2 is 2.05 bits per heavy atom. The van der Waals surface area contributed by atoms with Gasteiger partial charge in [0, 0.05) is 0 Å². The van der Waals surface area contributed by atoms with Crippen molar-refractivity contribution in [1.82, 2.24) is 0 Å². The molecule has 5 heteroatoms. The molecule has 0 aliphatic heterocycles. The molecule has 3 nitrogen and oxygen atoms in total. The van der Waals surface area contributed by atoms with E-state index < -0.39 is 11.2 Å². The Morgan fingerprint density at radius 1 is 1.26 bits per heavy atom. The smallest absolute Gasteiger partial charge is 0.203 e. The largest absolute Gasteiger partial charge is 0.495 e. The molecule has 0 spiro atoms. The van der Waals surface area contributed by atoms with Gasteiger partial charge >= 0.3 is 0 Å². The van der Waals surface area contributed by atoms with Crippen molar-refractivity contribution in [2.45, 2.75) is 0 Å². The van der Waals surface area contributed by atoms with E-state index >= 15 is 0 Å². The second kappa shape index (κ2) is 4.24. The van der Waals surface area contributed by atoms with Gasteiger partial charge in [0.15, 0.2) is 5.58 Å². The molecule has 96 valence electrons. The summed E-state index contributed by atoms with van der Waals surface area (Å²) in [5.74, 6) is -0.215. The first-order valence-electron chi connectivity index (χ1n) is 5.51. The number of fused-ring (bicyclic) bond motifs is 2. The number of rotatable bonds is 1. The highest BCUT2D eigenvalue weighted by Gasteiger charge is 2.15. The molecule has 0 N–H and O–H groups in total. The maximum Gasteiger partial charge on any atom is 0.203 e. The van der Waals surface area contributed by atoms with Crippen LogP contribution in [0.15, 0.2) is 39.5 Å². The topological polar surface area (TPSA) is 39.4 Å². The number of halogens is 2. The van der Waals surface area contributed by atoms with Crippen LogP contribution in [0.25, 0.3) is 21.9 Å². The maximum atomic E-state index is 13.7. The van der Waals surface area contributed by atoms with E-state index in [1.54, 1.807) is 6.07 Å². The predicted molar refractivity (Wildman–Crippen MR) is 71.5 cm³/mol. The Labute approximate surface area is 112 Å². The van der Waals surface area contributed by atoms with E-state index in [2.05, 4.69) is 0 Å². The SMILES string of the molecule is COc1ccc2c(=O)c3c(F)cccc3oc2c1Cl. The van der Waals surface area contributed by atoms with E-state index in [9.17, 15) is 9.18 Å². The summed E-state index contributed by atoms with van der Waals surface area (Å²) in [5, 5.41) is 0.350. The van der Waals surface area contributed by atoms with Gasteiger partial charge in [-0.15, -0.1) is 0 Å². The molecule has 0 saturated carbocycles. The molecule has 1 heterocycles. The van der Waals surface area contributed by atoms with Crippen LogP contribution in [-0.4, -0.2) is 7.11 Å². The molecule has 3 rings (SSSR count). The highest BCUT2D eigenvalue weighted by Crippen LogP contribution is 2.33. The van der Waals surface area contributed by atoms with Crippen LogP contribution in [0, 0.1) is 5.82 Å². The summed E-state index contributed by atoms with van der Waals surface area (Å²) in [7, 11) is 1.46. The van der Waals surface area contributed by atoms with Gasteiger partial charge in [-0.05, 0) is 24.3 Å². The van der Waals surface area contributed by atoms with Crippen molar-refractivity contribution in [3.8, 4) is 5.75 Å². The molecule has 19 heavy (non-hydrogen) atoms. The van der Waals surface area contributed by atoms with Crippen LogP contribution in [0.5, 0.6) is 5.75 Å². The fourth-order valence-electron chi connectivity index (χ4n) is 2.03. The van der Waals surface area contributed by atoms with E-state index in [4.69, 9.17) is 20.8 Å². The van der Waals surface area contributed by atoms with Crippen molar-refractivity contribution in [3.63, 3.8) is 0 Å². The minimum Gasteiger partial charge on any atom is -0.495 e. The number of hydrogen-bond acceptors (Lipinski definition) is 3. The van der Waals surface area contributed by atoms with Crippen molar-refractivity contribution in [2.24, 2.45) is 0 Å². The summed E-state index contributed by atoms with van der Waals surface area (Å²) in [6.07, 6.45) is 0. The van der Waals surface area contributed by atoms with Gasteiger partial charge in [0.2, 0.25) is 5.43 Å². The molecule has 3 aromatic rings. The average molecular weight is 279 g/mol. The van der Waals surface area contributed by atoms with Crippen LogP contribution in [0.2, 0.25) is 5.02 Å². The standard InChI is InChI=1S/C14H8ClFO3/c1-18-10-6-5-7-13(17)11-8(16)3-2-4-9(11)19-14(7)12(10)15/h2-6H,1H3. The van der Waals surface area contributed by atoms with Gasteiger partial charge < -0.3 is 9.15 Å². The first kappa shape index (κ1) is 12.0. The van der Waals surface area contributed by atoms with E-state index in [-0.39, 0.29) is 27.0 Å². The quantitative estimate of drug-likeness (QED) is 0.637. The first-order valence-corrected chi connectivity index (χ1v) is 5.89. The molecule has 0 unspecified atom stereocenters. The lowest BCUT2D eigenvalue weighted by Gasteiger charge is -2.07. The normalized spacial score (nSPS) is 11.1. The van der Waals surface area contributed by atoms with Crippen LogP contribution in [-0.2, 0) is 0 Å². The fourth-order valence-corrected chi connectivity index (χ4v) is 2.31. The summed E-state index contributed by atoms with van der Waals surface area (Å²) in [6, 6.07) is 7.28.